The number of hydrogen-bond donors (Lipinski definition) is 1. The van der Waals surface area contributed by atoms with Crippen molar-refractivity contribution in [2.75, 3.05) is 13.7 Å². The highest BCUT2D eigenvalue weighted by atomic mass is 35.5. The van der Waals surface area contributed by atoms with Crippen molar-refractivity contribution in [1.29, 1.82) is 0 Å². The lowest BCUT2D eigenvalue weighted by Gasteiger charge is -2.09. The van der Waals surface area contributed by atoms with E-state index in [-0.39, 0.29) is 28.0 Å². The normalized spacial score (nSPS) is 10.2. The molecule has 0 bridgehead atoms. The molecule has 0 aliphatic rings. The monoisotopic (exact) mass is 373 g/mol. The summed E-state index contributed by atoms with van der Waals surface area (Å²) in [7, 11) is 1.42. The minimum atomic E-state index is -0.692. The standard InChI is InChI=1S/C15H13Cl2NO4S/c1-21-14-11(16)5-9(6-12(14)17)15(20)22-8-13(19)18-7-10-3-2-4-23-10/h2-6H,7-8H2,1H3,(H,18,19). The second-order valence-corrected chi connectivity index (χ2v) is 6.25. The van der Waals surface area contributed by atoms with Crippen LogP contribution in [0.1, 0.15) is 15.2 Å². The summed E-state index contributed by atoms with van der Waals surface area (Å²) in [6.07, 6.45) is 0. The van der Waals surface area contributed by atoms with E-state index in [0.29, 0.717) is 6.54 Å². The van der Waals surface area contributed by atoms with E-state index in [1.807, 2.05) is 17.5 Å². The summed E-state index contributed by atoms with van der Waals surface area (Å²) in [6.45, 7) is 0.0136. The first-order chi connectivity index (χ1) is 11.0. The van der Waals surface area contributed by atoms with Crippen molar-refractivity contribution >= 4 is 46.4 Å². The van der Waals surface area contributed by atoms with Gasteiger partial charge in [-0.2, -0.15) is 0 Å². The maximum Gasteiger partial charge on any atom is 0.338 e. The molecule has 0 atom stereocenters. The van der Waals surface area contributed by atoms with Gasteiger partial charge in [-0.1, -0.05) is 29.3 Å². The van der Waals surface area contributed by atoms with Gasteiger partial charge in [-0.25, -0.2) is 4.79 Å². The summed E-state index contributed by atoms with van der Waals surface area (Å²) in [5.41, 5.74) is 0.145. The predicted octanol–water partition coefficient (Wildman–Crippen LogP) is 3.54. The van der Waals surface area contributed by atoms with E-state index in [2.05, 4.69) is 5.32 Å². The van der Waals surface area contributed by atoms with Crippen LogP contribution in [0.3, 0.4) is 0 Å². The van der Waals surface area contributed by atoms with Gasteiger partial charge in [0.1, 0.15) is 0 Å². The molecular formula is C15H13Cl2NO4S. The topological polar surface area (TPSA) is 64.6 Å². The highest BCUT2D eigenvalue weighted by molar-refractivity contribution is 7.09. The Bertz CT molecular complexity index is 681. The van der Waals surface area contributed by atoms with Crippen molar-refractivity contribution in [2.45, 2.75) is 6.54 Å². The Hall–Kier alpha value is -1.76. The molecule has 0 fully saturated rings. The minimum Gasteiger partial charge on any atom is -0.494 e. The van der Waals surface area contributed by atoms with Crippen LogP contribution < -0.4 is 10.1 Å². The predicted molar refractivity (Wildman–Crippen MR) is 89.5 cm³/mol. The Morgan fingerprint density at radius 3 is 2.52 bits per heavy atom. The number of esters is 1. The molecule has 0 spiro atoms. The Morgan fingerprint density at radius 2 is 1.96 bits per heavy atom. The first kappa shape index (κ1) is 17.6. The molecule has 1 heterocycles. The van der Waals surface area contributed by atoms with E-state index in [9.17, 15) is 9.59 Å². The molecular weight excluding hydrogens is 361 g/mol. The zero-order chi connectivity index (χ0) is 16.8. The van der Waals surface area contributed by atoms with Gasteiger partial charge in [-0.15, -0.1) is 11.3 Å². The van der Waals surface area contributed by atoms with Gasteiger partial charge in [0.05, 0.1) is 29.3 Å². The van der Waals surface area contributed by atoms with Gasteiger partial charge in [0.25, 0.3) is 5.91 Å². The number of thiophene rings is 1. The van der Waals surface area contributed by atoms with Crippen LogP contribution in [-0.2, 0) is 16.1 Å². The lowest BCUT2D eigenvalue weighted by atomic mass is 10.2. The van der Waals surface area contributed by atoms with Crippen molar-refractivity contribution in [3.63, 3.8) is 0 Å². The number of nitrogens with one attached hydrogen (secondary N) is 1. The third kappa shape index (κ3) is 4.86. The van der Waals surface area contributed by atoms with Gasteiger partial charge in [0, 0.05) is 4.88 Å². The van der Waals surface area contributed by atoms with Crippen molar-refractivity contribution in [2.24, 2.45) is 0 Å². The lowest BCUT2D eigenvalue weighted by Crippen LogP contribution is -2.28. The molecule has 1 aromatic carbocycles. The summed E-state index contributed by atoms with van der Waals surface area (Å²) in [4.78, 5) is 24.6. The van der Waals surface area contributed by atoms with Crippen LogP contribution in [0.5, 0.6) is 5.75 Å². The highest BCUT2D eigenvalue weighted by Crippen LogP contribution is 2.33. The molecule has 0 saturated heterocycles. The van der Waals surface area contributed by atoms with Crippen LogP contribution in [0.4, 0.5) is 0 Å². The fourth-order valence-corrected chi connectivity index (χ4v) is 3.02. The Balaban J connectivity index is 1.88. The SMILES string of the molecule is COc1c(Cl)cc(C(=O)OCC(=O)NCc2cccs2)cc1Cl. The highest BCUT2D eigenvalue weighted by Gasteiger charge is 2.15. The number of ether oxygens (including phenoxy) is 2. The molecule has 0 radical (unpaired) electrons. The molecule has 1 aromatic heterocycles. The molecule has 0 unspecified atom stereocenters. The summed E-state index contributed by atoms with van der Waals surface area (Å²) in [5, 5.41) is 4.95. The van der Waals surface area contributed by atoms with Gasteiger partial charge in [0.2, 0.25) is 0 Å². The molecule has 122 valence electrons. The molecule has 0 aliphatic heterocycles. The molecule has 0 aliphatic carbocycles. The number of carbonyl (C=O) groups excluding carboxylic acids is 2. The van der Waals surface area contributed by atoms with E-state index in [1.165, 1.54) is 30.6 Å². The molecule has 2 rings (SSSR count). The van der Waals surface area contributed by atoms with Gasteiger partial charge in [-0.05, 0) is 23.6 Å². The van der Waals surface area contributed by atoms with Crippen LogP contribution >= 0.6 is 34.5 Å². The number of methoxy groups -OCH3 is 1. The number of halogens is 2. The van der Waals surface area contributed by atoms with Gasteiger partial charge in [0.15, 0.2) is 12.4 Å². The Labute approximate surface area is 147 Å². The summed E-state index contributed by atoms with van der Waals surface area (Å²) in [6, 6.07) is 6.54. The first-order valence-electron chi connectivity index (χ1n) is 6.50. The largest absolute Gasteiger partial charge is 0.494 e. The molecule has 5 nitrogen and oxygen atoms in total. The lowest BCUT2D eigenvalue weighted by molar-refractivity contribution is -0.124. The third-order valence-electron chi connectivity index (χ3n) is 2.81. The average molecular weight is 374 g/mol. The van der Waals surface area contributed by atoms with Crippen LogP contribution in [0.15, 0.2) is 29.6 Å². The number of carbonyl (C=O) groups is 2. The first-order valence-corrected chi connectivity index (χ1v) is 8.14. The summed E-state index contributed by atoms with van der Waals surface area (Å²) < 4.78 is 9.93. The van der Waals surface area contributed by atoms with Crippen molar-refractivity contribution in [3.05, 3.63) is 50.1 Å². The fraction of sp³-hybridized carbons (Fsp3) is 0.200. The smallest absolute Gasteiger partial charge is 0.338 e. The third-order valence-corrected chi connectivity index (χ3v) is 4.25. The molecule has 2 aromatic rings. The van der Waals surface area contributed by atoms with E-state index < -0.39 is 11.9 Å². The second kappa shape index (κ2) is 8.19. The minimum absolute atomic E-state index is 0.145. The Kier molecular flexibility index (Phi) is 6.27. The molecule has 8 heteroatoms. The van der Waals surface area contributed by atoms with E-state index >= 15 is 0 Å². The van der Waals surface area contributed by atoms with Crippen LogP contribution in [-0.4, -0.2) is 25.6 Å². The van der Waals surface area contributed by atoms with Gasteiger partial charge >= 0.3 is 5.97 Å². The van der Waals surface area contributed by atoms with Crippen LogP contribution in [0, 0.1) is 0 Å². The summed E-state index contributed by atoms with van der Waals surface area (Å²) in [5.74, 6) is -0.807. The zero-order valence-corrected chi connectivity index (χ0v) is 14.4. The maximum atomic E-state index is 11.9. The quantitative estimate of drug-likeness (QED) is 0.786. The van der Waals surface area contributed by atoms with Crippen LogP contribution in [0.25, 0.3) is 0 Å². The number of benzene rings is 1. The average Bonchev–Trinajstić information content (AvgIpc) is 3.03. The molecule has 1 amide bonds. The summed E-state index contributed by atoms with van der Waals surface area (Å²) >= 11 is 13.4. The van der Waals surface area contributed by atoms with Crippen molar-refractivity contribution in [3.8, 4) is 5.75 Å². The van der Waals surface area contributed by atoms with Gasteiger partial charge in [-0.3, -0.25) is 4.79 Å². The maximum absolute atomic E-state index is 11.9. The van der Waals surface area contributed by atoms with Crippen LogP contribution in [0.2, 0.25) is 10.0 Å². The second-order valence-electron chi connectivity index (χ2n) is 4.41. The van der Waals surface area contributed by atoms with Crippen molar-refractivity contribution in [1.82, 2.24) is 5.32 Å². The zero-order valence-electron chi connectivity index (χ0n) is 12.1. The Morgan fingerprint density at radius 1 is 1.26 bits per heavy atom. The number of rotatable bonds is 6. The number of hydrogen-bond acceptors (Lipinski definition) is 5. The van der Waals surface area contributed by atoms with Crippen molar-refractivity contribution < 1.29 is 19.1 Å². The van der Waals surface area contributed by atoms with E-state index in [4.69, 9.17) is 32.7 Å². The molecule has 1 N–H and O–H groups in total. The fourth-order valence-electron chi connectivity index (χ4n) is 1.74. The van der Waals surface area contributed by atoms with Gasteiger partial charge < -0.3 is 14.8 Å². The molecule has 0 saturated carbocycles. The van der Waals surface area contributed by atoms with E-state index in [0.717, 1.165) is 4.88 Å². The number of amides is 1. The van der Waals surface area contributed by atoms with E-state index in [1.54, 1.807) is 0 Å². The molecule has 23 heavy (non-hydrogen) atoms.